The molecule has 28 heavy (non-hydrogen) atoms. The van der Waals surface area contributed by atoms with Crippen LogP contribution >= 0.6 is 0 Å². The first-order chi connectivity index (χ1) is 13.7. The van der Waals surface area contributed by atoms with E-state index in [0.717, 1.165) is 50.6 Å². The number of ether oxygens (including phenoxy) is 2. The average Bonchev–Trinajstić information content (AvgIpc) is 2.71. The van der Waals surface area contributed by atoms with E-state index >= 15 is 0 Å². The molecule has 1 atom stereocenters. The zero-order valence-electron chi connectivity index (χ0n) is 17.0. The summed E-state index contributed by atoms with van der Waals surface area (Å²) in [6, 6.07) is 17.1. The zero-order valence-corrected chi connectivity index (χ0v) is 17.0. The molecule has 0 radical (unpaired) electrons. The second kappa shape index (κ2) is 10.5. The molecule has 0 bridgehead atoms. The van der Waals surface area contributed by atoms with E-state index in [1.807, 2.05) is 13.0 Å². The van der Waals surface area contributed by atoms with E-state index in [2.05, 4.69) is 52.3 Å². The van der Waals surface area contributed by atoms with Crippen LogP contribution in [0, 0.1) is 0 Å². The van der Waals surface area contributed by atoms with Gasteiger partial charge in [-0.25, -0.2) is 0 Å². The van der Waals surface area contributed by atoms with Crippen LogP contribution in [-0.2, 0) is 13.1 Å². The van der Waals surface area contributed by atoms with Crippen LogP contribution in [0.1, 0.15) is 24.5 Å². The van der Waals surface area contributed by atoms with Crippen LogP contribution in [0.4, 0.5) is 0 Å². The second-order valence-corrected chi connectivity index (χ2v) is 7.28. The highest BCUT2D eigenvalue weighted by molar-refractivity contribution is 5.43. The van der Waals surface area contributed by atoms with Crippen molar-refractivity contribution in [3.05, 3.63) is 59.7 Å². The maximum absolute atomic E-state index is 9.56. The number of hydrogen-bond donors (Lipinski definition) is 1. The molecule has 1 heterocycles. The molecule has 0 aliphatic carbocycles. The number of rotatable bonds is 9. The fraction of sp³-hybridized carbons (Fsp3) is 0.478. The highest BCUT2D eigenvalue weighted by atomic mass is 16.5. The highest BCUT2D eigenvalue weighted by Gasteiger charge is 2.26. The Labute approximate surface area is 168 Å². The largest absolute Gasteiger partial charge is 0.493 e. The number of nitrogens with zero attached hydrogens (tertiary/aromatic N) is 2. The monoisotopic (exact) mass is 384 g/mol. The molecule has 1 saturated heterocycles. The van der Waals surface area contributed by atoms with Gasteiger partial charge in [0, 0.05) is 45.4 Å². The van der Waals surface area contributed by atoms with Gasteiger partial charge in [-0.2, -0.15) is 0 Å². The first-order valence-electron chi connectivity index (χ1n) is 10.1. The molecule has 2 aromatic rings. The summed E-state index contributed by atoms with van der Waals surface area (Å²) >= 11 is 0. The first-order valence-corrected chi connectivity index (χ1v) is 10.1. The lowest BCUT2D eigenvalue weighted by Crippen LogP contribution is -2.52. The van der Waals surface area contributed by atoms with Crippen molar-refractivity contribution in [2.45, 2.75) is 32.5 Å². The molecular weight excluding hydrogens is 352 g/mol. The number of benzene rings is 2. The number of methoxy groups -OCH3 is 1. The molecule has 3 rings (SSSR count). The van der Waals surface area contributed by atoms with E-state index in [9.17, 15) is 5.11 Å². The van der Waals surface area contributed by atoms with Gasteiger partial charge in [0.2, 0.25) is 0 Å². The lowest BCUT2D eigenvalue weighted by molar-refractivity contribution is 0.0499. The second-order valence-electron chi connectivity index (χ2n) is 7.28. The molecule has 0 unspecified atom stereocenters. The Bertz CT molecular complexity index is 723. The van der Waals surface area contributed by atoms with Gasteiger partial charge in [0.05, 0.1) is 13.7 Å². The van der Waals surface area contributed by atoms with Crippen molar-refractivity contribution in [2.24, 2.45) is 0 Å². The van der Waals surface area contributed by atoms with Crippen molar-refractivity contribution in [1.82, 2.24) is 9.80 Å². The number of aliphatic hydroxyl groups excluding tert-OH is 1. The summed E-state index contributed by atoms with van der Waals surface area (Å²) in [6.45, 7) is 7.64. The van der Waals surface area contributed by atoms with E-state index in [4.69, 9.17) is 9.47 Å². The summed E-state index contributed by atoms with van der Waals surface area (Å²) in [5, 5.41) is 9.56. The minimum Gasteiger partial charge on any atom is -0.493 e. The minimum atomic E-state index is 0.223. The molecule has 0 amide bonds. The first kappa shape index (κ1) is 20.6. The normalized spacial score (nSPS) is 18.2. The van der Waals surface area contributed by atoms with Crippen LogP contribution in [-0.4, -0.2) is 60.9 Å². The van der Waals surface area contributed by atoms with Crippen molar-refractivity contribution >= 4 is 0 Å². The van der Waals surface area contributed by atoms with E-state index in [-0.39, 0.29) is 6.61 Å². The summed E-state index contributed by atoms with van der Waals surface area (Å²) in [7, 11) is 1.67. The Balaban J connectivity index is 1.64. The van der Waals surface area contributed by atoms with Crippen molar-refractivity contribution in [1.29, 1.82) is 0 Å². The summed E-state index contributed by atoms with van der Waals surface area (Å²) in [4.78, 5) is 4.97. The van der Waals surface area contributed by atoms with Gasteiger partial charge >= 0.3 is 0 Å². The molecule has 2 aromatic carbocycles. The SMILES string of the molecule is CCOc1cc(CN2CCN(Cc3ccccc3)[C@H](CCO)C2)ccc1OC. The molecule has 1 aliphatic heterocycles. The summed E-state index contributed by atoms with van der Waals surface area (Å²) in [5.74, 6) is 1.58. The third-order valence-corrected chi connectivity index (χ3v) is 5.31. The molecule has 0 aromatic heterocycles. The quantitative estimate of drug-likeness (QED) is 0.720. The van der Waals surface area contributed by atoms with Crippen molar-refractivity contribution in [3.63, 3.8) is 0 Å². The fourth-order valence-corrected chi connectivity index (χ4v) is 3.90. The third-order valence-electron chi connectivity index (χ3n) is 5.31. The van der Waals surface area contributed by atoms with Gasteiger partial charge in [0.25, 0.3) is 0 Å². The molecule has 0 spiro atoms. The van der Waals surface area contributed by atoms with Crippen molar-refractivity contribution in [2.75, 3.05) is 40.0 Å². The molecule has 152 valence electrons. The minimum absolute atomic E-state index is 0.223. The molecule has 1 fully saturated rings. The van der Waals surface area contributed by atoms with Crippen LogP contribution in [0.15, 0.2) is 48.5 Å². The molecule has 1 N–H and O–H groups in total. The zero-order chi connectivity index (χ0) is 19.8. The molecule has 5 heteroatoms. The van der Waals surface area contributed by atoms with Gasteiger partial charge in [-0.15, -0.1) is 0 Å². The van der Waals surface area contributed by atoms with Gasteiger partial charge in [-0.05, 0) is 36.6 Å². The van der Waals surface area contributed by atoms with Crippen LogP contribution in [0.5, 0.6) is 11.5 Å². The number of hydrogen-bond acceptors (Lipinski definition) is 5. The number of piperazine rings is 1. The lowest BCUT2D eigenvalue weighted by atomic mass is 10.1. The Kier molecular flexibility index (Phi) is 7.71. The van der Waals surface area contributed by atoms with Crippen molar-refractivity contribution in [3.8, 4) is 11.5 Å². The van der Waals surface area contributed by atoms with Crippen LogP contribution < -0.4 is 9.47 Å². The Morgan fingerprint density at radius 1 is 1.00 bits per heavy atom. The molecular formula is C23H32N2O3. The van der Waals surface area contributed by atoms with Crippen molar-refractivity contribution < 1.29 is 14.6 Å². The van der Waals surface area contributed by atoms with Gasteiger partial charge < -0.3 is 14.6 Å². The Morgan fingerprint density at radius 3 is 2.54 bits per heavy atom. The van der Waals surface area contributed by atoms with Crippen LogP contribution in [0.3, 0.4) is 0 Å². The third kappa shape index (κ3) is 5.47. The predicted molar refractivity (Wildman–Crippen MR) is 112 cm³/mol. The Morgan fingerprint density at radius 2 is 1.82 bits per heavy atom. The fourth-order valence-electron chi connectivity index (χ4n) is 3.90. The number of aliphatic hydroxyl groups is 1. The smallest absolute Gasteiger partial charge is 0.161 e. The van der Waals surface area contributed by atoms with Crippen LogP contribution in [0.25, 0.3) is 0 Å². The van der Waals surface area contributed by atoms with Gasteiger partial charge in [-0.3, -0.25) is 9.80 Å². The Hall–Kier alpha value is -2.08. The maximum Gasteiger partial charge on any atom is 0.161 e. The maximum atomic E-state index is 9.56. The summed E-state index contributed by atoms with van der Waals surface area (Å²) in [5.41, 5.74) is 2.55. The van der Waals surface area contributed by atoms with Gasteiger partial charge in [0.1, 0.15) is 0 Å². The summed E-state index contributed by atoms with van der Waals surface area (Å²) in [6.07, 6.45) is 0.802. The van der Waals surface area contributed by atoms with E-state index in [0.29, 0.717) is 12.6 Å². The predicted octanol–water partition coefficient (Wildman–Crippen LogP) is 3.16. The molecule has 1 aliphatic rings. The van der Waals surface area contributed by atoms with E-state index < -0.39 is 0 Å². The lowest BCUT2D eigenvalue weighted by Gasteiger charge is -2.41. The van der Waals surface area contributed by atoms with Crippen LogP contribution in [0.2, 0.25) is 0 Å². The van der Waals surface area contributed by atoms with Gasteiger partial charge in [0.15, 0.2) is 11.5 Å². The van der Waals surface area contributed by atoms with Gasteiger partial charge in [-0.1, -0.05) is 36.4 Å². The standard InChI is InChI=1S/C23H32N2O3/c1-3-28-23-15-20(9-10-22(23)27-2)16-24-12-13-25(21(18-24)11-14-26)17-19-7-5-4-6-8-19/h4-10,15,21,26H,3,11-14,16-18H2,1-2H3/t21-/m1/s1. The van der Waals surface area contributed by atoms with E-state index in [1.54, 1.807) is 7.11 Å². The highest BCUT2D eigenvalue weighted by Crippen LogP contribution is 2.29. The van der Waals surface area contributed by atoms with E-state index in [1.165, 1.54) is 11.1 Å². The average molecular weight is 385 g/mol. The summed E-state index contributed by atoms with van der Waals surface area (Å²) < 4.78 is 11.1. The molecule has 5 nitrogen and oxygen atoms in total. The topological polar surface area (TPSA) is 45.2 Å². The molecule has 0 saturated carbocycles.